The van der Waals surface area contributed by atoms with Crippen LogP contribution in [0.3, 0.4) is 0 Å². The van der Waals surface area contributed by atoms with Gasteiger partial charge in [-0.2, -0.15) is 0 Å². The fourth-order valence-corrected chi connectivity index (χ4v) is 3.94. The van der Waals surface area contributed by atoms with Crippen LogP contribution in [-0.4, -0.2) is 23.8 Å². The first-order chi connectivity index (χ1) is 14.1. The highest BCUT2D eigenvalue weighted by atomic mass is 127. The van der Waals surface area contributed by atoms with Crippen molar-refractivity contribution in [1.82, 2.24) is 9.55 Å². The van der Waals surface area contributed by atoms with Gasteiger partial charge in [-0.25, -0.2) is 4.98 Å². The molecule has 0 saturated carbocycles. The Balaban J connectivity index is 1.96. The summed E-state index contributed by atoms with van der Waals surface area (Å²) in [6, 6.07) is 21.0. The summed E-state index contributed by atoms with van der Waals surface area (Å²) >= 11 is 2.27. The molecule has 0 amide bonds. The van der Waals surface area contributed by atoms with Gasteiger partial charge < -0.3 is 9.47 Å². The van der Waals surface area contributed by atoms with E-state index >= 15 is 0 Å². The van der Waals surface area contributed by atoms with Crippen molar-refractivity contribution in [2.24, 2.45) is 0 Å². The summed E-state index contributed by atoms with van der Waals surface area (Å²) in [5.74, 6) is 2.00. The second kappa shape index (κ2) is 8.24. The molecule has 1 aromatic heterocycles. The van der Waals surface area contributed by atoms with E-state index in [0.29, 0.717) is 34.8 Å². The lowest BCUT2D eigenvalue weighted by molar-refractivity contribution is 0.390. The van der Waals surface area contributed by atoms with E-state index < -0.39 is 0 Å². The predicted molar refractivity (Wildman–Crippen MR) is 123 cm³/mol. The summed E-state index contributed by atoms with van der Waals surface area (Å²) in [7, 11) is 3.22. The molecule has 0 fully saturated rings. The van der Waals surface area contributed by atoms with Crippen LogP contribution in [0.4, 0.5) is 0 Å². The number of aromatic nitrogens is 2. The number of methoxy groups -OCH3 is 2. The van der Waals surface area contributed by atoms with E-state index in [1.54, 1.807) is 18.8 Å². The van der Waals surface area contributed by atoms with Crippen molar-refractivity contribution in [2.75, 3.05) is 14.2 Å². The zero-order chi connectivity index (χ0) is 20.4. The first kappa shape index (κ1) is 19.4. The molecule has 5 nitrogen and oxygen atoms in total. The first-order valence-corrected chi connectivity index (χ1v) is 10.2. The van der Waals surface area contributed by atoms with Gasteiger partial charge in [0.15, 0.2) is 0 Å². The largest absolute Gasteiger partial charge is 0.497 e. The molecule has 0 radical (unpaired) electrons. The van der Waals surface area contributed by atoms with Crippen molar-refractivity contribution in [3.63, 3.8) is 0 Å². The molecule has 0 saturated heterocycles. The van der Waals surface area contributed by atoms with E-state index in [0.717, 1.165) is 14.7 Å². The van der Waals surface area contributed by atoms with Crippen LogP contribution in [0.2, 0.25) is 0 Å². The topological polar surface area (TPSA) is 53.4 Å². The molecular formula is C23H19IN2O3. The molecule has 29 heavy (non-hydrogen) atoms. The second-order valence-electron chi connectivity index (χ2n) is 6.50. The summed E-state index contributed by atoms with van der Waals surface area (Å²) in [6.45, 7) is 0.337. The molecule has 0 aliphatic rings. The van der Waals surface area contributed by atoms with E-state index in [1.807, 2.05) is 66.7 Å². The predicted octanol–water partition coefficient (Wildman–Crippen LogP) is 4.73. The third-order valence-corrected chi connectivity index (χ3v) is 5.74. The summed E-state index contributed by atoms with van der Waals surface area (Å²) in [6.07, 6.45) is 0. The quantitative estimate of drug-likeness (QED) is 0.374. The molecule has 4 aromatic rings. The summed E-state index contributed by atoms with van der Waals surface area (Å²) in [5.41, 5.74) is 2.40. The van der Waals surface area contributed by atoms with Gasteiger partial charge in [0.2, 0.25) is 0 Å². The lowest BCUT2D eigenvalue weighted by Gasteiger charge is -2.17. The molecule has 1 heterocycles. The summed E-state index contributed by atoms with van der Waals surface area (Å²) in [5, 5.41) is 0.592. The Labute approximate surface area is 182 Å². The number of benzene rings is 3. The fraction of sp³-hybridized carbons (Fsp3) is 0.130. The lowest BCUT2D eigenvalue weighted by atomic mass is 10.1. The third kappa shape index (κ3) is 3.72. The van der Waals surface area contributed by atoms with Gasteiger partial charge >= 0.3 is 0 Å². The molecule has 6 heteroatoms. The Hall–Kier alpha value is -2.87. The van der Waals surface area contributed by atoms with E-state index in [9.17, 15) is 4.79 Å². The Bertz CT molecular complexity index is 1250. The molecule has 0 aliphatic carbocycles. The van der Waals surface area contributed by atoms with Crippen molar-refractivity contribution in [1.29, 1.82) is 0 Å². The average Bonchev–Trinajstić information content (AvgIpc) is 2.76. The minimum atomic E-state index is -0.0804. The third-order valence-electron chi connectivity index (χ3n) is 4.80. The lowest BCUT2D eigenvalue weighted by Crippen LogP contribution is -2.24. The van der Waals surface area contributed by atoms with Crippen LogP contribution >= 0.6 is 22.6 Å². The van der Waals surface area contributed by atoms with Crippen molar-refractivity contribution in [3.05, 3.63) is 86.2 Å². The van der Waals surface area contributed by atoms with Gasteiger partial charge in [-0.05, 0) is 52.9 Å². The minimum Gasteiger partial charge on any atom is -0.497 e. The number of rotatable bonds is 5. The second-order valence-corrected chi connectivity index (χ2v) is 7.66. The number of ether oxygens (including phenoxy) is 2. The van der Waals surface area contributed by atoms with Crippen molar-refractivity contribution in [3.8, 4) is 22.9 Å². The Morgan fingerprint density at radius 2 is 1.72 bits per heavy atom. The maximum absolute atomic E-state index is 13.4. The highest BCUT2D eigenvalue weighted by Gasteiger charge is 2.16. The van der Waals surface area contributed by atoms with Crippen molar-refractivity contribution >= 4 is 33.5 Å². The van der Waals surface area contributed by atoms with Crippen LogP contribution in [0.25, 0.3) is 22.3 Å². The van der Waals surface area contributed by atoms with Crippen LogP contribution in [0, 0.1) is 3.57 Å². The molecule has 0 unspecified atom stereocenters. The molecule has 0 bridgehead atoms. The van der Waals surface area contributed by atoms with Gasteiger partial charge in [0, 0.05) is 20.8 Å². The molecule has 4 rings (SSSR count). The standard InChI is InChI=1S/C23H19IN2O3/c1-28-16-12-11-15(21(13-16)29-2)14-26-22(17-7-3-5-9-19(17)24)25-20-10-6-4-8-18(20)23(26)27/h3-13H,14H2,1-2H3. The van der Waals surface area contributed by atoms with Crippen LogP contribution in [0.15, 0.2) is 71.5 Å². The number of fused-ring (bicyclic) bond motifs is 1. The first-order valence-electron chi connectivity index (χ1n) is 9.07. The Morgan fingerprint density at radius 1 is 0.966 bits per heavy atom. The number of halogens is 1. The van der Waals surface area contributed by atoms with Crippen LogP contribution in [-0.2, 0) is 6.54 Å². The molecular weight excluding hydrogens is 479 g/mol. The number of para-hydroxylation sites is 1. The zero-order valence-electron chi connectivity index (χ0n) is 16.1. The van der Waals surface area contributed by atoms with E-state index in [4.69, 9.17) is 14.5 Å². The highest BCUT2D eigenvalue weighted by Crippen LogP contribution is 2.28. The summed E-state index contributed by atoms with van der Waals surface area (Å²) < 4.78 is 13.6. The normalized spacial score (nSPS) is 10.9. The molecule has 0 atom stereocenters. The summed E-state index contributed by atoms with van der Waals surface area (Å²) in [4.78, 5) is 18.3. The van der Waals surface area contributed by atoms with E-state index in [1.165, 1.54) is 0 Å². The number of hydrogen-bond donors (Lipinski definition) is 0. The number of hydrogen-bond acceptors (Lipinski definition) is 4. The monoisotopic (exact) mass is 498 g/mol. The smallest absolute Gasteiger partial charge is 0.261 e. The van der Waals surface area contributed by atoms with Crippen molar-refractivity contribution in [2.45, 2.75) is 6.54 Å². The molecule has 3 aromatic carbocycles. The average molecular weight is 498 g/mol. The Kier molecular flexibility index (Phi) is 5.53. The zero-order valence-corrected chi connectivity index (χ0v) is 18.2. The maximum Gasteiger partial charge on any atom is 0.261 e. The SMILES string of the molecule is COc1ccc(Cn2c(-c3ccccc3I)nc3ccccc3c2=O)c(OC)c1. The van der Waals surface area contributed by atoms with Gasteiger partial charge in [0.1, 0.15) is 17.3 Å². The fourth-order valence-electron chi connectivity index (χ4n) is 3.32. The van der Waals surface area contributed by atoms with Crippen LogP contribution in [0.1, 0.15) is 5.56 Å². The van der Waals surface area contributed by atoms with E-state index in [2.05, 4.69) is 22.6 Å². The Morgan fingerprint density at radius 3 is 2.48 bits per heavy atom. The minimum absolute atomic E-state index is 0.0804. The molecule has 146 valence electrons. The highest BCUT2D eigenvalue weighted by molar-refractivity contribution is 14.1. The maximum atomic E-state index is 13.4. The molecule has 0 aliphatic heterocycles. The van der Waals surface area contributed by atoms with Gasteiger partial charge in [-0.1, -0.05) is 30.3 Å². The van der Waals surface area contributed by atoms with Gasteiger partial charge in [0.05, 0.1) is 31.7 Å². The molecule has 0 spiro atoms. The van der Waals surface area contributed by atoms with Gasteiger partial charge in [-0.3, -0.25) is 9.36 Å². The van der Waals surface area contributed by atoms with Gasteiger partial charge in [-0.15, -0.1) is 0 Å². The van der Waals surface area contributed by atoms with E-state index in [-0.39, 0.29) is 5.56 Å². The number of nitrogens with zero attached hydrogens (tertiary/aromatic N) is 2. The van der Waals surface area contributed by atoms with Crippen LogP contribution in [0.5, 0.6) is 11.5 Å². The van der Waals surface area contributed by atoms with Crippen molar-refractivity contribution < 1.29 is 9.47 Å². The molecule has 0 N–H and O–H groups in total. The van der Waals surface area contributed by atoms with Crippen LogP contribution < -0.4 is 15.0 Å². The van der Waals surface area contributed by atoms with Gasteiger partial charge in [0.25, 0.3) is 5.56 Å².